The second kappa shape index (κ2) is 10.9. The molecule has 1 saturated heterocycles. The Balaban J connectivity index is 1.61. The lowest BCUT2D eigenvalue weighted by Gasteiger charge is -2.35. The van der Waals surface area contributed by atoms with Gasteiger partial charge in [-0.05, 0) is 41.7 Å². The van der Waals surface area contributed by atoms with Crippen molar-refractivity contribution in [3.8, 4) is 0 Å². The lowest BCUT2D eigenvalue weighted by atomic mass is 9.95. The van der Waals surface area contributed by atoms with Crippen molar-refractivity contribution in [2.75, 3.05) is 26.3 Å². The van der Waals surface area contributed by atoms with E-state index in [2.05, 4.69) is 22.4 Å². The summed E-state index contributed by atoms with van der Waals surface area (Å²) in [6, 6.07) is 1.94. The molecule has 3 rings (SSSR count). The Hall–Kier alpha value is -1.54. The van der Waals surface area contributed by atoms with Crippen LogP contribution in [0.25, 0.3) is 0 Å². The fourth-order valence-corrected chi connectivity index (χ4v) is 4.68. The minimum atomic E-state index is -0.760. The molecule has 7 heteroatoms. The molecule has 2 aliphatic rings. The van der Waals surface area contributed by atoms with Crippen molar-refractivity contribution in [2.45, 2.75) is 50.9 Å². The van der Waals surface area contributed by atoms with E-state index in [0.717, 1.165) is 31.5 Å². The predicted octanol–water partition coefficient (Wildman–Crippen LogP) is 3.12. The molecule has 154 valence electrons. The van der Waals surface area contributed by atoms with Gasteiger partial charge in [0.05, 0.1) is 32.0 Å². The van der Waals surface area contributed by atoms with Crippen LogP contribution in [0, 0.1) is 5.92 Å². The summed E-state index contributed by atoms with van der Waals surface area (Å²) in [5, 5.41) is 12.8. The fourth-order valence-electron chi connectivity index (χ4n) is 4.03. The maximum atomic E-state index is 12.8. The number of carbonyl (C=O) groups excluding carboxylic acids is 1. The summed E-state index contributed by atoms with van der Waals surface area (Å²) in [6.07, 6.45) is 6.87. The van der Waals surface area contributed by atoms with Crippen molar-refractivity contribution >= 4 is 23.1 Å². The predicted molar refractivity (Wildman–Crippen MR) is 107 cm³/mol. The Kier molecular flexibility index (Phi) is 8.21. The summed E-state index contributed by atoms with van der Waals surface area (Å²) >= 11 is 1.65. The van der Waals surface area contributed by atoms with Crippen LogP contribution >= 0.6 is 11.3 Å². The van der Waals surface area contributed by atoms with E-state index in [9.17, 15) is 9.59 Å². The van der Waals surface area contributed by atoms with Crippen molar-refractivity contribution in [3.05, 3.63) is 34.5 Å². The zero-order chi connectivity index (χ0) is 19.8. The number of rotatable bonds is 10. The Morgan fingerprint density at radius 1 is 1.36 bits per heavy atom. The first-order chi connectivity index (χ1) is 13.6. The maximum Gasteiger partial charge on any atom is 0.303 e. The number of ketones is 1. The van der Waals surface area contributed by atoms with Crippen LogP contribution < -0.4 is 0 Å². The van der Waals surface area contributed by atoms with Gasteiger partial charge in [-0.3, -0.25) is 14.5 Å². The summed E-state index contributed by atoms with van der Waals surface area (Å²) in [6.45, 7) is 3.44. The largest absolute Gasteiger partial charge is 0.481 e. The summed E-state index contributed by atoms with van der Waals surface area (Å²) in [7, 11) is 0. The minimum Gasteiger partial charge on any atom is -0.481 e. The quantitative estimate of drug-likeness (QED) is 0.474. The van der Waals surface area contributed by atoms with E-state index in [1.54, 1.807) is 11.3 Å². The number of thiophene rings is 1. The first kappa shape index (κ1) is 21.2. The van der Waals surface area contributed by atoms with Gasteiger partial charge in [-0.2, -0.15) is 11.3 Å². The average molecular weight is 408 g/mol. The van der Waals surface area contributed by atoms with Gasteiger partial charge in [0.1, 0.15) is 0 Å². The third-order valence-electron chi connectivity index (χ3n) is 5.43. The highest BCUT2D eigenvalue weighted by Crippen LogP contribution is 2.34. The summed E-state index contributed by atoms with van der Waals surface area (Å²) < 4.78 is 11.6. The highest BCUT2D eigenvalue weighted by Gasteiger charge is 2.45. The molecule has 0 unspecified atom stereocenters. The van der Waals surface area contributed by atoms with Crippen LogP contribution in [-0.4, -0.2) is 60.2 Å². The highest BCUT2D eigenvalue weighted by molar-refractivity contribution is 7.07. The first-order valence-electron chi connectivity index (χ1n) is 9.99. The molecule has 1 N–H and O–H groups in total. The van der Waals surface area contributed by atoms with E-state index >= 15 is 0 Å². The standard InChI is InChI=1S/C21H29NO5S/c23-18-13-19(27-14-16-7-12-28-15-16)17(5-3-1-2-4-6-20(24)25)21(18)22-8-10-26-11-9-22/h1,3,7,12,15,17,19,21H,2,4-6,8-11,13-14H2,(H,24,25)/t17-,19-,21+/m0/s1. The van der Waals surface area contributed by atoms with Gasteiger partial charge in [0.2, 0.25) is 0 Å². The van der Waals surface area contributed by atoms with Crippen molar-refractivity contribution < 1.29 is 24.2 Å². The topological polar surface area (TPSA) is 76.1 Å². The Labute approximate surface area is 170 Å². The van der Waals surface area contributed by atoms with Crippen molar-refractivity contribution in [1.29, 1.82) is 0 Å². The highest BCUT2D eigenvalue weighted by atomic mass is 32.1. The molecule has 2 heterocycles. The van der Waals surface area contributed by atoms with Gasteiger partial charge < -0.3 is 14.6 Å². The van der Waals surface area contributed by atoms with E-state index in [-0.39, 0.29) is 30.3 Å². The molecular formula is C21H29NO5S. The van der Waals surface area contributed by atoms with Crippen LogP contribution in [0.15, 0.2) is 29.0 Å². The monoisotopic (exact) mass is 407 g/mol. The van der Waals surface area contributed by atoms with Crippen LogP contribution in [0.3, 0.4) is 0 Å². The third-order valence-corrected chi connectivity index (χ3v) is 6.17. The van der Waals surface area contributed by atoms with E-state index < -0.39 is 5.97 Å². The second-order valence-corrected chi connectivity index (χ2v) is 8.18. The van der Waals surface area contributed by atoms with Gasteiger partial charge in [-0.1, -0.05) is 12.2 Å². The minimum absolute atomic E-state index is 0.0797. The third kappa shape index (κ3) is 5.98. The normalized spacial score (nSPS) is 26.3. The van der Waals surface area contributed by atoms with Crippen molar-refractivity contribution in [3.63, 3.8) is 0 Å². The molecule has 0 radical (unpaired) electrons. The first-order valence-corrected chi connectivity index (χ1v) is 10.9. The van der Waals surface area contributed by atoms with Crippen LogP contribution in [-0.2, 0) is 25.7 Å². The van der Waals surface area contributed by atoms with Gasteiger partial charge >= 0.3 is 5.97 Å². The number of nitrogens with zero attached hydrogens (tertiary/aromatic N) is 1. The molecule has 1 aliphatic carbocycles. The molecule has 0 amide bonds. The molecular weight excluding hydrogens is 378 g/mol. The lowest BCUT2D eigenvalue weighted by Crippen LogP contribution is -2.49. The second-order valence-electron chi connectivity index (χ2n) is 7.40. The molecule has 0 aromatic carbocycles. The van der Waals surface area contributed by atoms with Gasteiger partial charge in [0, 0.05) is 31.8 Å². The van der Waals surface area contributed by atoms with Crippen molar-refractivity contribution in [1.82, 2.24) is 4.90 Å². The number of ether oxygens (including phenoxy) is 2. The maximum absolute atomic E-state index is 12.8. The number of carbonyl (C=O) groups is 2. The molecule has 1 saturated carbocycles. The zero-order valence-corrected chi connectivity index (χ0v) is 16.9. The molecule has 0 spiro atoms. The van der Waals surface area contributed by atoms with E-state index in [1.165, 1.54) is 0 Å². The van der Waals surface area contributed by atoms with Crippen LogP contribution in [0.2, 0.25) is 0 Å². The molecule has 1 aliphatic heterocycles. The van der Waals surface area contributed by atoms with Gasteiger partial charge in [0.25, 0.3) is 0 Å². The number of unbranched alkanes of at least 4 members (excludes halogenated alkanes) is 1. The summed E-state index contributed by atoms with van der Waals surface area (Å²) in [5.41, 5.74) is 1.15. The van der Waals surface area contributed by atoms with Crippen LogP contribution in [0.1, 0.15) is 37.7 Å². The number of hydrogen-bond acceptors (Lipinski definition) is 6. The molecule has 3 atom stereocenters. The van der Waals surface area contributed by atoms with E-state index in [1.807, 2.05) is 11.5 Å². The molecule has 0 bridgehead atoms. The number of carboxylic acids is 1. The van der Waals surface area contributed by atoms with Gasteiger partial charge in [0.15, 0.2) is 5.78 Å². The average Bonchev–Trinajstić information content (AvgIpc) is 3.31. The summed E-state index contributed by atoms with van der Waals surface area (Å²) in [5.74, 6) is -0.370. The van der Waals surface area contributed by atoms with Crippen molar-refractivity contribution in [2.24, 2.45) is 5.92 Å². The summed E-state index contributed by atoms with van der Waals surface area (Å²) in [4.78, 5) is 25.7. The lowest BCUT2D eigenvalue weighted by molar-refractivity contribution is -0.137. The molecule has 1 aromatic heterocycles. The Morgan fingerprint density at radius 2 is 2.18 bits per heavy atom. The Bertz CT molecular complexity index is 654. The molecule has 28 heavy (non-hydrogen) atoms. The zero-order valence-electron chi connectivity index (χ0n) is 16.1. The number of morpholine rings is 1. The van der Waals surface area contributed by atoms with E-state index in [0.29, 0.717) is 32.7 Å². The number of carboxylic acid groups (broad SMARTS) is 1. The number of allylic oxidation sites excluding steroid dienone is 2. The SMILES string of the molecule is O=C(O)CCCC=CC[C@H]1[C@@H](OCc2ccsc2)CC(=O)[C@@H]1N1CCOCC1. The number of aliphatic carboxylic acids is 1. The Morgan fingerprint density at radius 3 is 2.89 bits per heavy atom. The number of hydrogen-bond donors (Lipinski definition) is 1. The molecule has 2 fully saturated rings. The smallest absolute Gasteiger partial charge is 0.303 e. The number of Topliss-reactive ketones (excluding diaryl/α,β-unsaturated/α-hetero) is 1. The van der Waals surface area contributed by atoms with E-state index in [4.69, 9.17) is 14.6 Å². The molecule has 6 nitrogen and oxygen atoms in total. The van der Waals surface area contributed by atoms with Gasteiger partial charge in [-0.25, -0.2) is 0 Å². The van der Waals surface area contributed by atoms with Crippen LogP contribution in [0.5, 0.6) is 0 Å². The van der Waals surface area contributed by atoms with Crippen LogP contribution in [0.4, 0.5) is 0 Å². The molecule has 1 aromatic rings. The fraction of sp³-hybridized carbons (Fsp3) is 0.619. The van der Waals surface area contributed by atoms with Gasteiger partial charge in [-0.15, -0.1) is 0 Å².